The number of ether oxygens (including phenoxy) is 1. The molecule has 5 atom stereocenters. The summed E-state index contributed by atoms with van der Waals surface area (Å²) in [5, 5.41) is 12.8. The van der Waals surface area contributed by atoms with E-state index in [1.165, 1.54) is 12.8 Å². The molecule has 1 aliphatic rings. The summed E-state index contributed by atoms with van der Waals surface area (Å²) in [5.41, 5.74) is 1.14. The summed E-state index contributed by atoms with van der Waals surface area (Å²) in [5.74, 6) is 0.722. The molecule has 1 saturated carbocycles. The maximum Gasteiger partial charge on any atom is 0.248 e. The third-order valence-electron chi connectivity index (χ3n) is 5.07. The van der Waals surface area contributed by atoms with Crippen molar-refractivity contribution >= 4 is 5.91 Å². The van der Waals surface area contributed by atoms with Gasteiger partial charge < -0.3 is 15.2 Å². The van der Waals surface area contributed by atoms with Crippen LogP contribution in [-0.4, -0.2) is 35.9 Å². The molecule has 4 nitrogen and oxygen atoms in total. The lowest BCUT2D eigenvalue weighted by atomic mass is 9.88. The van der Waals surface area contributed by atoms with Crippen LogP contribution in [0.3, 0.4) is 0 Å². The number of benzene rings is 1. The predicted molar refractivity (Wildman–Crippen MR) is 100 cm³/mol. The van der Waals surface area contributed by atoms with Gasteiger partial charge in [-0.2, -0.15) is 0 Å². The molecule has 0 saturated heterocycles. The van der Waals surface area contributed by atoms with Crippen LogP contribution in [-0.2, 0) is 9.53 Å². The lowest BCUT2D eigenvalue weighted by molar-refractivity contribution is -0.137. The monoisotopic (exact) mass is 347 g/mol. The molecule has 0 spiro atoms. The molecule has 2 rings (SSSR count). The molecule has 5 unspecified atom stereocenters. The molecule has 1 fully saturated rings. The average molecular weight is 347 g/mol. The van der Waals surface area contributed by atoms with Crippen molar-refractivity contribution in [1.29, 1.82) is 0 Å². The zero-order valence-electron chi connectivity index (χ0n) is 15.8. The van der Waals surface area contributed by atoms with Crippen LogP contribution < -0.4 is 5.32 Å². The molecule has 0 radical (unpaired) electrons. The molecule has 1 aromatic rings. The Bertz CT molecular complexity index is 517. The number of carbonyl (C=O) groups is 1. The van der Waals surface area contributed by atoms with Crippen molar-refractivity contribution in [2.75, 3.05) is 6.54 Å². The molecule has 4 heteroatoms. The van der Waals surface area contributed by atoms with E-state index < -0.39 is 12.2 Å². The highest BCUT2D eigenvalue weighted by atomic mass is 16.5. The number of rotatable bonds is 8. The second kappa shape index (κ2) is 9.93. The van der Waals surface area contributed by atoms with Gasteiger partial charge in [-0.15, -0.1) is 0 Å². The van der Waals surface area contributed by atoms with Crippen LogP contribution in [0.5, 0.6) is 0 Å². The fourth-order valence-corrected chi connectivity index (χ4v) is 3.69. The van der Waals surface area contributed by atoms with Gasteiger partial charge in [0.15, 0.2) is 0 Å². The summed E-state index contributed by atoms with van der Waals surface area (Å²) in [6.45, 7) is 6.39. The molecule has 1 aliphatic carbocycles. The van der Waals surface area contributed by atoms with Gasteiger partial charge in [0.1, 0.15) is 6.10 Å². The Balaban J connectivity index is 1.85. The first-order valence-electron chi connectivity index (χ1n) is 9.62. The molecule has 140 valence electrons. The second-order valence-corrected chi connectivity index (χ2v) is 7.61. The van der Waals surface area contributed by atoms with E-state index in [9.17, 15) is 9.90 Å². The smallest absolute Gasteiger partial charge is 0.248 e. The van der Waals surface area contributed by atoms with E-state index in [1.807, 2.05) is 37.3 Å². The number of aliphatic hydroxyl groups is 1. The largest absolute Gasteiger partial charge is 0.393 e. The van der Waals surface area contributed by atoms with Crippen molar-refractivity contribution < 1.29 is 14.6 Å². The van der Waals surface area contributed by atoms with E-state index >= 15 is 0 Å². The summed E-state index contributed by atoms with van der Waals surface area (Å²) in [6, 6.07) is 10.0. The van der Waals surface area contributed by atoms with Gasteiger partial charge in [-0.05, 0) is 44.6 Å². The summed E-state index contributed by atoms with van der Waals surface area (Å²) >= 11 is 0. The van der Waals surface area contributed by atoms with E-state index in [2.05, 4.69) is 12.2 Å². The second-order valence-electron chi connectivity index (χ2n) is 7.61. The lowest BCUT2D eigenvalue weighted by Gasteiger charge is -2.29. The first-order chi connectivity index (χ1) is 12.0. The summed E-state index contributed by atoms with van der Waals surface area (Å²) < 4.78 is 5.98. The number of carbonyl (C=O) groups excluding carboxylic acids is 1. The van der Waals surface area contributed by atoms with Crippen LogP contribution >= 0.6 is 0 Å². The fraction of sp³-hybridized carbons (Fsp3) is 0.667. The van der Waals surface area contributed by atoms with E-state index in [0.717, 1.165) is 18.4 Å². The van der Waals surface area contributed by atoms with Crippen LogP contribution in [0.15, 0.2) is 30.3 Å². The molecule has 2 N–H and O–H groups in total. The van der Waals surface area contributed by atoms with Crippen LogP contribution in [0, 0.1) is 5.92 Å². The topological polar surface area (TPSA) is 58.6 Å². The number of hydrogen-bond donors (Lipinski definition) is 2. The number of aliphatic hydroxyl groups excluding tert-OH is 1. The van der Waals surface area contributed by atoms with Gasteiger partial charge in [-0.25, -0.2) is 0 Å². The van der Waals surface area contributed by atoms with Gasteiger partial charge in [-0.3, -0.25) is 4.79 Å². The summed E-state index contributed by atoms with van der Waals surface area (Å²) in [4.78, 5) is 12.4. The van der Waals surface area contributed by atoms with Crippen molar-refractivity contribution in [3.05, 3.63) is 35.9 Å². The summed E-state index contributed by atoms with van der Waals surface area (Å²) in [6.07, 6.45) is 4.54. The SMILES string of the molecule is CC(O)CC(CNC(=O)C(C)OC1CCCC(C)C1)c1ccccc1. The molecule has 0 aromatic heterocycles. The van der Waals surface area contributed by atoms with Crippen molar-refractivity contribution in [2.45, 2.75) is 77.1 Å². The quantitative estimate of drug-likeness (QED) is 0.755. The summed E-state index contributed by atoms with van der Waals surface area (Å²) in [7, 11) is 0. The number of nitrogens with one attached hydrogen (secondary N) is 1. The van der Waals surface area contributed by atoms with Gasteiger partial charge >= 0.3 is 0 Å². The zero-order chi connectivity index (χ0) is 18.2. The van der Waals surface area contributed by atoms with Gasteiger partial charge in [0.25, 0.3) is 0 Å². The van der Waals surface area contributed by atoms with Crippen LogP contribution in [0.4, 0.5) is 0 Å². The first-order valence-corrected chi connectivity index (χ1v) is 9.62. The average Bonchev–Trinajstić information content (AvgIpc) is 2.58. The minimum atomic E-state index is -0.432. The highest BCUT2D eigenvalue weighted by Crippen LogP contribution is 2.26. The van der Waals surface area contributed by atoms with Gasteiger partial charge in [0.05, 0.1) is 12.2 Å². The standard InChI is InChI=1S/C21H33NO3/c1-15-8-7-11-20(12-15)25-17(3)21(24)22-14-19(13-16(2)23)18-9-5-4-6-10-18/h4-6,9-10,15-17,19-20,23H,7-8,11-14H2,1-3H3,(H,22,24). The molecule has 0 aliphatic heterocycles. The fourth-order valence-electron chi connectivity index (χ4n) is 3.69. The minimum Gasteiger partial charge on any atom is -0.393 e. The lowest BCUT2D eigenvalue weighted by Crippen LogP contribution is -2.39. The van der Waals surface area contributed by atoms with Crippen LogP contribution in [0.2, 0.25) is 0 Å². The Kier molecular flexibility index (Phi) is 7.91. The highest BCUT2D eigenvalue weighted by molar-refractivity contribution is 5.80. The normalized spacial score (nSPS) is 24.3. The van der Waals surface area contributed by atoms with Crippen molar-refractivity contribution in [3.8, 4) is 0 Å². The Morgan fingerprint density at radius 1 is 1.28 bits per heavy atom. The van der Waals surface area contributed by atoms with Gasteiger partial charge in [0, 0.05) is 12.5 Å². The Labute approximate surface area is 152 Å². The maximum absolute atomic E-state index is 12.4. The van der Waals surface area contributed by atoms with E-state index in [0.29, 0.717) is 18.9 Å². The van der Waals surface area contributed by atoms with Crippen molar-refractivity contribution in [1.82, 2.24) is 5.32 Å². The molecule has 0 bridgehead atoms. The van der Waals surface area contributed by atoms with Crippen LogP contribution in [0.1, 0.15) is 64.4 Å². The third kappa shape index (κ3) is 6.79. The number of hydrogen-bond acceptors (Lipinski definition) is 3. The van der Waals surface area contributed by atoms with Gasteiger partial charge in [-0.1, -0.05) is 50.1 Å². The molecule has 1 aromatic carbocycles. The van der Waals surface area contributed by atoms with E-state index in [4.69, 9.17) is 4.74 Å². The van der Waals surface area contributed by atoms with E-state index in [1.54, 1.807) is 6.92 Å². The van der Waals surface area contributed by atoms with Crippen LogP contribution in [0.25, 0.3) is 0 Å². The highest BCUT2D eigenvalue weighted by Gasteiger charge is 2.24. The number of amides is 1. The Morgan fingerprint density at radius 3 is 2.64 bits per heavy atom. The maximum atomic E-state index is 12.4. The third-order valence-corrected chi connectivity index (χ3v) is 5.07. The molecule has 1 amide bonds. The molecular formula is C21H33NO3. The molecular weight excluding hydrogens is 314 g/mol. The molecule has 25 heavy (non-hydrogen) atoms. The van der Waals surface area contributed by atoms with Crippen molar-refractivity contribution in [3.63, 3.8) is 0 Å². The zero-order valence-corrected chi connectivity index (χ0v) is 15.8. The van der Waals surface area contributed by atoms with E-state index in [-0.39, 0.29) is 17.9 Å². The Morgan fingerprint density at radius 2 is 2.00 bits per heavy atom. The predicted octanol–water partition coefficient (Wildman–Crippen LogP) is 3.64. The van der Waals surface area contributed by atoms with Gasteiger partial charge in [0.2, 0.25) is 5.91 Å². The molecule has 0 heterocycles. The minimum absolute atomic E-state index is 0.0650. The first kappa shape index (κ1) is 19.9. The van der Waals surface area contributed by atoms with Crippen molar-refractivity contribution in [2.24, 2.45) is 5.92 Å². The Hall–Kier alpha value is -1.39.